The topological polar surface area (TPSA) is 80.7 Å². The van der Waals surface area contributed by atoms with Gasteiger partial charge < -0.3 is 9.84 Å². The van der Waals surface area contributed by atoms with Crippen LogP contribution in [-0.2, 0) is 21.1 Å². The van der Waals surface area contributed by atoms with Crippen molar-refractivity contribution in [2.24, 2.45) is 5.92 Å². The maximum Gasteiger partial charge on any atom is 0.322 e. The summed E-state index contributed by atoms with van der Waals surface area (Å²) in [6.07, 6.45) is 0.294. The number of sulfone groups is 1. The van der Waals surface area contributed by atoms with Gasteiger partial charge in [0.25, 0.3) is 0 Å². The molecule has 0 spiro atoms. The van der Waals surface area contributed by atoms with Gasteiger partial charge in [-0.05, 0) is 30.0 Å². The first-order chi connectivity index (χ1) is 9.27. The van der Waals surface area contributed by atoms with Gasteiger partial charge in [-0.2, -0.15) is 0 Å². The summed E-state index contributed by atoms with van der Waals surface area (Å²) >= 11 is 0. The lowest BCUT2D eigenvalue weighted by Crippen LogP contribution is -2.37. The minimum Gasteiger partial charge on any atom is -0.497 e. The fourth-order valence-corrected chi connectivity index (χ4v) is 3.94. The molecule has 0 fully saturated rings. The summed E-state index contributed by atoms with van der Waals surface area (Å²) in [7, 11) is -2.11. The van der Waals surface area contributed by atoms with E-state index in [1.165, 1.54) is 0 Å². The number of hydrogen-bond acceptors (Lipinski definition) is 4. The van der Waals surface area contributed by atoms with Crippen molar-refractivity contribution in [3.63, 3.8) is 0 Å². The third-order valence-corrected chi connectivity index (χ3v) is 5.36. The van der Waals surface area contributed by atoms with Gasteiger partial charge in [0.15, 0.2) is 15.1 Å². The fraction of sp³-hybridized carbons (Fsp3) is 0.500. The van der Waals surface area contributed by atoms with Crippen molar-refractivity contribution in [2.45, 2.75) is 25.5 Å². The van der Waals surface area contributed by atoms with E-state index in [9.17, 15) is 13.2 Å². The molecule has 5 nitrogen and oxygen atoms in total. The van der Waals surface area contributed by atoms with E-state index in [-0.39, 0.29) is 5.75 Å². The Morgan fingerprint density at radius 3 is 2.20 bits per heavy atom. The van der Waals surface area contributed by atoms with Crippen LogP contribution in [0.5, 0.6) is 5.75 Å². The van der Waals surface area contributed by atoms with Crippen molar-refractivity contribution in [1.82, 2.24) is 0 Å². The third-order valence-electron chi connectivity index (χ3n) is 3.07. The Balaban J connectivity index is 2.78. The number of aliphatic carboxylic acids is 1. The van der Waals surface area contributed by atoms with Gasteiger partial charge in [-0.3, -0.25) is 4.79 Å². The van der Waals surface area contributed by atoms with Crippen LogP contribution < -0.4 is 4.74 Å². The lowest BCUT2D eigenvalue weighted by atomic mass is 10.1. The zero-order chi connectivity index (χ0) is 15.3. The molecule has 0 saturated heterocycles. The van der Waals surface area contributed by atoms with Crippen molar-refractivity contribution in [2.75, 3.05) is 12.9 Å². The van der Waals surface area contributed by atoms with E-state index in [1.54, 1.807) is 45.2 Å². The molecule has 112 valence electrons. The number of benzene rings is 1. The van der Waals surface area contributed by atoms with Crippen LogP contribution in [0.4, 0.5) is 0 Å². The van der Waals surface area contributed by atoms with Gasteiger partial charge >= 0.3 is 5.97 Å². The van der Waals surface area contributed by atoms with Gasteiger partial charge in [0.1, 0.15) is 5.75 Å². The lowest BCUT2D eigenvalue weighted by Gasteiger charge is -2.16. The Kier molecular flexibility index (Phi) is 5.56. The van der Waals surface area contributed by atoms with Gasteiger partial charge in [-0.1, -0.05) is 26.0 Å². The second-order valence-corrected chi connectivity index (χ2v) is 7.21. The molecule has 1 unspecified atom stereocenters. The normalized spacial score (nSPS) is 13.2. The first-order valence-corrected chi connectivity index (χ1v) is 8.06. The number of hydrogen-bond donors (Lipinski definition) is 1. The number of carbonyl (C=O) groups is 1. The molecular formula is C14H20O5S. The van der Waals surface area contributed by atoms with Gasteiger partial charge in [0.2, 0.25) is 0 Å². The molecule has 0 aromatic heterocycles. The molecule has 1 rings (SSSR count). The van der Waals surface area contributed by atoms with E-state index in [0.29, 0.717) is 12.2 Å². The van der Waals surface area contributed by atoms with Crippen LogP contribution in [0.3, 0.4) is 0 Å². The van der Waals surface area contributed by atoms with E-state index in [1.807, 2.05) is 0 Å². The highest BCUT2D eigenvalue weighted by molar-refractivity contribution is 7.92. The zero-order valence-corrected chi connectivity index (χ0v) is 12.7. The second-order valence-electron chi connectivity index (χ2n) is 4.97. The van der Waals surface area contributed by atoms with Crippen molar-refractivity contribution in [1.29, 1.82) is 0 Å². The van der Waals surface area contributed by atoms with Gasteiger partial charge in [0, 0.05) is 0 Å². The SMILES string of the molecule is COc1ccc(CCS(=O)(=O)C(C(=O)O)C(C)C)cc1. The number of methoxy groups -OCH3 is 1. The summed E-state index contributed by atoms with van der Waals surface area (Å²) in [5.74, 6) is -1.21. The summed E-state index contributed by atoms with van der Waals surface area (Å²) in [5.41, 5.74) is 0.835. The maximum absolute atomic E-state index is 12.1. The quantitative estimate of drug-likeness (QED) is 0.830. The molecule has 0 aliphatic carbocycles. The minimum atomic E-state index is -3.67. The summed E-state index contributed by atoms with van der Waals surface area (Å²) in [4.78, 5) is 11.1. The first-order valence-electron chi connectivity index (χ1n) is 6.35. The number of carboxylic acids is 1. The standard InChI is InChI=1S/C14H20O5S/c1-10(2)13(14(15)16)20(17,18)9-8-11-4-6-12(19-3)7-5-11/h4-7,10,13H,8-9H2,1-3H3,(H,15,16). The molecule has 1 aromatic carbocycles. The molecule has 0 amide bonds. The highest BCUT2D eigenvalue weighted by Crippen LogP contribution is 2.17. The number of ether oxygens (including phenoxy) is 1. The predicted octanol–water partition coefficient (Wildman–Crippen LogP) is 1.76. The van der Waals surface area contributed by atoms with Crippen LogP contribution in [0.2, 0.25) is 0 Å². The third kappa shape index (κ3) is 4.23. The number of rotatable bonds is 7. The van der Waals surface area contributed by atoms with Crippen LogP contribution in [0.15, 0.2) is 24.3 Å². The highest BCUT2D eigenvalue weighted by atomic mass is 32.2. The summed E-state index contributed by atoms with van der Waals surface area (Å²) in [5, 5.41) is 7.70. The monoisotopic (exact) mass is 300 g/mol. The van der Waals surface area contributed by atoms with E-state index in [0.717, 1.165) is 5.56 Å². The van der Waals surface area contributed by atoms with E-state index in [2.05, 4.69) is 0 Å². The smallest absolute Gasteiger partial charge is 0.322 e. The summed E-state index contributed by atoms with van der Waals surface area (Å²) in [6.45, 7) is 3.20. The lowest BCUT2D eigenvalue weighted by molar-refractivity contribution is -0.137. The largest absolute Gasteiger partial charge is 0.497 e. The van der Waals surface area contributed by atoms with Crippen molar-refractivity contribution in [3.8, 4) is 5.75 Å². The van der Waals surface area contributed by atoms with Crippen LogP contribution >= 0.6 is 0 Å². The average molecular weight is 300 g/mol. The molecule has 0 radical (unpaired) electrons. The molecule has 0 bridgehead atoms. The molecule has 20 heavy (non-hydrogen) atoms. The molecule has 0 aliphatic rings. The van der Waals surface area contributed by atoms with Crippen LogP contribution in [0, 0.1) is 5.92 Å². The fourth-order valence-electron chi connectivity index (χ4n) is 2.03. The van der Waals surface area contributed by atoms with Gasteiger partial charge in [-0.15, -0.1) is 0 Å². The molecule has 0 aliphatic heterocycles. The second kappa shape index (κ2) is 6.74. The molecule has 0 heterocycles. The first kappa shape index (κ1) is 16.5. The average Bonchev–Trinajstić information content (AvgIpc) is 2.35. The van der Waals surface area contributed by atoms with Crippen LogP contribution in [0.1, 0.15) is 19.4 Å². The Labute approximate surface area is 119 Å². The molecular weight excluding hydrogens is 280 g/mol. The van der Waals surface area contributed by atoms with E-state index in [4.69, 9.17) is 9.84 Å². The Morgan fingerprint density at radius 2 is 1.80 bits per heavy atom. The molecule has 1 atom stereocenters. The molecule has 6 heteroatoms. The zero-order valence-electron chi connectivity index (χ0n) is 11.9. The maximum atomic E-state index is 12.1. The Morgan fingerprint density at radius 1 is 1.25 bits per heavy atom. The van der Waals surface area contributed by atoms with Crippen molar-refractivity contribution < 1.29 is 23.1 Å². The molecule has 1 N–H and O–H groups in total. The van der Waals surface area contributed by atoms with Gasteiger partial charge in [-0.25, -0.2) is 8.42 Å². The van der Waals surface area contributed by atoms with E-state index < -0.39 is 27.0 Å². The molecule has 1 aromatic rings. The van der Waals surface area contributed by atoms with Crippen LogP contribution in [0.25, 0.3) is 0 Å². The Bertz CT molecular complexity index is 545. The Hall–Kier alpha value is -1.56. The highest BCUT2D eigenvalue weighted by Gasteiger charge is 2.34. The van der Waals surface area contributed by atoms with Gasteiger partial charge in [0.05, 0.1) is 12.9 Å². The number of aryl methyl sites for hydroxylation is 1. The van der Waals surface area contributed by atoms with Crippen LogP contribution in [-0.4, -0.2) is 37.6 Å². The predicted molar refractivity (Wildman–Crippen MR) is 76.7 cm³/mol. The molecule has 0 saturated carbocycles. The number of carboxylic acid groups (broad SMARTS) is 1. The minimum absolute atomic E-state index is 0.172. The summed E-state index contributed by atoms with van der Waals surface area (Å²) < 4.78 is 29.2. The summed E-state index contributed by atoms with van der Waals surface area (Å²) in [6, 6.07) is 7.05. The van der Waals surface area contributed by atoms with Crippen molar-refractivity contribution >= 4 is 15.8 Å². The van der Waals surface area contributed by atoms with E-state index >= 15 is 0 Å². The van der Waals surface area contributed by atoms with Crippen molar-refractivity contribution in [3.05, 3.63) is 29.8 Å².